The molecule has 1 aliphatic heterocycles. The second kappa shape index (κ2) is 12.1. The van der Waals surface area contributed by atoms with E-state index in [2.05, 4.69) is 54.9 Å². The predicted octanol–water partition coefficient (Wildman–Crippen LogP) is 6.02. The number of nitrogens with zero attached hydrogens (tertiary/aromatic N) is 2. The minimum atomic E-state index is -0.921. The zero-order valence-electron chi connectivity index (χ0n) is 19.9. The molecule has 33 heavy (non-hydrogen) atoms. The van der Waals surface area contributed by atoms with Gasteiger partial charge < -0.3 is 9.84 Å². The summed E-state index contributed by atoms with van der Waals surface area (Å²) in [5.74, 6) is 7.61. The highest BCUT2D eigenvalue weighted by molar-refractivity contribution is 7.99. The lowest BCUT2D eigenvalue weighted by Gasteiger charge is -2.38. The molecule has 0 bridgehead atoms. The van der Waals surface area contributed by atoms with Crippen molar-refractivity contribution in [3.05, 3.63) is 46.8 Å². The average Bonchev–Trinajstić information content (AvgIpc) is 2.82. The van der Waals surface area contributed by atoms with Crippen LogP contribution in [0.3, 0.4) is 0 Å². The molecule has 0 saturated heterocycles. The van der Waals surface area contributed by atoms with E-state index in [0.29, 0.717) is 11.4 Å². The van der Waals surface area contributed by atoms with Crippen molar-refractivity contribution in [3.63, 3.8) is 0 Å². The van der Waals surface area contributed by atoms with E-state index in [9.17, 15) is 4.79 Å². The Kier molecular flexibility index (Phi) is 9.20. The van der Waals surface area contributed by atoms with E-state index >= 15 is 0 Å². The Morgan fingerprint density at radius 1 is 1.12 bits per heavy atom. The largest absolute Gasteiger partial charge is 0.493 e. The number of ether oxygens (including phenoxy) is 1. The lowest BCUT2D eigenvalue weighted by molar-refractivity contribution is -0.136. The fraction of sp³-hybridized carbons (Fsp3) is 0.519. The minimum Gasteiger partial charge on any atom is -0.493 e. The number of hydrogen-bond acceptors (Lipinski definition) is 5. The summed E-state index contributed by atoms with van der Waals surface area (Å²) in [6.07, 6.45) is 7.98. The smallest absolute Gasteiger partial charge is 0.309 e. The van der Waals surface area contributed by atoms with E-state index in [-0.39, 0.29) is 11.8 Å². The van der Waals surface area contributed by atoms with Crippen LogP contribution in [0, 0.1) is 11.8 Å². The van der Waals surface area contributed by atoms with Gasteiger partial charge in [-0.15, -0.1) is 16.9 Å². The van der Waals surface area contributed by atoms with Crippen LogP contribution < -0.4 is 4.74 Å². The van der Waals surface area contributed by atoms with Gasteiger partial charge in [-0.25, -0.2) is 0 Å². The Morgan fingerprint density at radius 3 is 2.61 bits per heavy atom. The Labute approximate surface area is 201 Å². The van der Waals surface area contributed by atoms with E-state index < -0.39 is 5.97 Å². The predicted molar refractivity (Wildman–Crippen MR) is 133 cm³/mol. The van der Waals surface area contributed by atoms with Gasteiger partial charge in [0.05, 0.1) is 18.7 Å². The van der Waals surface area contributed by atoms with Gasteiger partial charge in [0, 0.05) is 21.4 Å². The van der Waals surface area contributed by atoms with Crippen LogP contribution in [0.5, 0.6) is 5.75 Å². The third kappa shape index (κ3) is 6.51. The first-order valence-electron chi connectivity index (χ1n) is 12.0. The molecule has 1 aliphatic rings. The molecular weight excluding hydrogens is 432 g/mol. The summed E-state index contributed by atoms with van der Waals surface area (Å²) in [5.41, 5.74) is 3.36. The molecule has 1 aromatic carbocycles. The molecule has 0 amide bonds. The van der Waals surface area contributed by atoms with Crippen LogP contribution in [0.2, 0.25) is 0 Å². The van der Waals surface area contributed by atoms with Crippen molar-refractivity contribution in [3.8, 4) is 17.6 Å². The fourth-order valence-corrected chi connectivity index (χ4v) is 5.33. The van der Waals surface area contributed by atoms with Gasteiger partial charge in [-0.1, -0.05) is 46.0 Å². The lowest BCUT2D eigenvalue weighted by Crippen LogP contribution is -2.32. The highest BCUT2D eigenvalue weighted by Gasteiger charge is 2.35. The number of benzene rings is 1. The summed E-state index contributed by atoms with van der Waals surface area (Å²) in [6.45, 7) is 7.51. The molecule has 0 aliphatic carbocycles. The number of carboxylic acid groups (broad SMARTS) is 1. The number of thioether (sulfide) groups is 1. The number of carbonyl (C=O) groups is 1. The van der Waals surface area contributed by atoms with E-state index in [1.165, 1.54) is 31.2 Å². The molecule has 3 rings (SSSR count). The normalized spacial score (nSPS) is 14.0. The molecule has 5 nitrogen and oxygen atoms in total. The molecule has 2 heterocycles. The maximum Gasteiger partial charge on any atom is 0.309 e. The van der Waals surface area contributed by atoms with Crippen LogP contribution >= 0.6 is 11.8 Å². The maximum atomic E-state index is 10.9. The van der Waals surface area contributed by atoms with Crippen LogP contribution in [-0.2, 0) is 16.6 Å². The summed E-state index contributed by atoms with van der Waals surface area (Å²) in [7, 11) is 0. The zero-order valence-corrected chi connectivity index (χ0v) is 20.8. The van der Waals surface area contributed by atoms with Gasteiger partial charge in [0.15, 0.2) is 0 Å². The third-order valence-corrected chi connectivity index (χ3v) is 7.62. The summed E-state index contributed by atoms with van der Waals surface area (Å²) in [4.78, 5) is 12.0. The SMILES string of the molecule is CCCCCCSc1cc2c(cc1C#Cc1ccc(CC(=O)O)nn1)C(CC)(CC)CCO2. The highest BCUT2D eigenvalue weighted by atomic mass is 32.2. The molecule has 2 aromatic rings. The van der Waals surface area contributed by atoms with Gasteiger partial charge in [0.2, 0.25) is 0 Å². The number of fused-ring (bicyclic) bond motifs is 1. The fourth-order valence-electron chi connectivity index (χ4n) is 4.31. The Hall–Kier alpha value is -2.52. The molecule has 6 heteroatoms. The first-order valence-corrected chi connectivity index (χ1v) is 13.0. The van der Waals surface area contributed by atoms with E-state index in [0.717, 1.165) is 47.8 Å². The molecular formula is C27H34N2O3S. The minimum absolute atomic E-state index is 0.132. The van der Waals surface area contributed by atoms with Crippen LogP contribution in [0.4, 0.5) is 0 Å². The first kappa shape index (κ1) is 25.1. The number of carboxylic acids is 1. The number of aromatic nitrogens is 2. The molecule has 176 valence electrons. The Morgan fingerprint density at radius 2 is 1.94 bits per heavy atom. The molecule has 0 saturated carbocycles. The molecule has 0 atom stereocenters. The molecule has 0 unspecified atom stereocenters. The van der Waals surface area contributed by atoms with E-state index in [4.69, 9.17) is 9.84 Å². The van der Waals surface area contributed by atoms with E-state index in [1.807, 2.05) is 11.8 Å². The van der Waals surface area contributed by atoms with Crippen LogP contribution in [0.25, 0.3) is 0 Å². The van der Waals surface area contributed by atoms with Crippen LogP contribution in [0.1, 0.15) is 88.2 Å². The van der Waals surface area contributed by atoms with Crippen molar-refractivity contribution < 1.29 is 14.6 Å². The van der Waals surface area contributed by atoms with Crippen LogP contribution in [-0.4, -0.2) is 33.6 Å². The Bertz CT molecular complexity index is 1000. The standard InChI is InChI=1S/C27H34N2O3S/c1-4-7-8-9-16-33-25-19-24-23(27(5-2,6-3)14-15-32-24)17-20(25)10-11-21-12-13-22(29-28-21)18-26(30)31/h12-13,17,19H,4-9,14-16,18H2,1-3H3,(H,30,31). The number of unbranched alkanes of at least 4 members (excludes halogenated alkanes) is 3. The topological polar surface area (TPSA) is 72.3 Å². The van der Waals surface area contributed by atoms with Crippen molar-refractivity contribution >= 4 is 17.7 Å². The average molecular weight is 467 g/mol. The second-order valence-corrected chi connectivity index (χ2v) is 9.71. The van der Waals surface area contributed by atoms with Crippen molar-refractivity contribution in [2.24, 2.45) is 0 Å². The lowest BCUT2D eigenvalue weighted by atomic mass is 9.71. The molecule has 0 spiro atoms. The van der Waals surface area contributed by atoms with Crippen molar-refractivity contribution in [2.75, 3.05) is 12.4 Å². The number of hydrogen-bond donors (Lipinski definition) is 1. The van der Waals surface area contributed by atoms with Gasteiger partial charge in [-0.05, 0) is 61.6 Å². The summed E-state index contributed by atoms with van der Waals surface area (Å²) in [5, 5.41) is 17.0. The Balaban J connectivity index is 1.92. The zero-order chi connectivity index (χ0) is 23.7. The monoisotopic (exact) mass is 466 g/mol. The quantitative estimate of drug-likeness (QED) is 0.262. The van der Waals surface area contributed by atoms with Gasteiger partial charge >= 0.3 is 5.97 Å². The van der Waals surface area contributed by atoms with Crippen molar-refractivity contribution in [2.45, 2.75) is 82.4 Å². The first-order chi connectivity index (χ1) is 16.0. The van der Waals surface area contributed by atoms with E-state index in [1.54, 1.807) is 12.1 Å². The second-order valence-electron chi connectivity index (χ2n) is 8.57. The molecule has 0 fully saturated rings. The van der Waals surface area contributed by atoms with Gasteiger partial charge in [-0.3, -0.25) is 4.79 Å². The maximum absolute atomic E-state index is 10.9. The molecule has 0 radical (unpaired) electrons. The summed E-state index contributed by atoms with van der Waals surface area (Å²) < 4.78 is 6.10. The molecule has 1 N–H and O–H groups in total. The summed E-state index contributed by atoms with van der Waals surface area (Å²) >= 11 is 1.85. The summed E-state index contributed by atoms with van der Waals surface area (Å²) in [6, 6.07) is 7.83. The number of aliphatic carboxylic acids is 1. The highest BCUT2D eigenvalue weighted by Crippen LogP contribution is 2.46. The van der Waals surface area contributed by atoms with Crippen molar-refractivity contribution in [1.29, 1.82) is 0 Å². The number of rotatable bonds is 10. The van der Waals surface area contributed by atoms with Crippen LogP contribution in [0.15, 0.2) is 29.2 Å². The third-order valence-electron chi connectivity index (χ3n) is 6.48. The van der Waals surface area contributed by atoms with Crippen molar-refractivity contribution in [1.82, 2.24) is 10.2 Å². The van der Waals surface area contributed by atoms with Gasteiger partial charge in [0.25, 0.3) is 0 Å². The van der Waals surface area contributed by atoms with Gasteiger partial charge in [-0.2, -0.15) is 5.10 Å². The van der Waals surface area contributed by atoms with Gasteiger partial charge in [0.1, 0.15) is 11.4 Å². The molecule has 1 aromatic heterocycles.